The third-order valence-electron chi connectivity index (χ3n) is 3.71. The molecule has 1 N–H and O–H groups in total. The molecule has 0 saturated carbocycles. The van der Waals surface area contributed by atoms with Crippen LogP contribution < -0.4 is 10.1 Å². The van der Waals surface area contributed by atoms with Crippen molar-refractivity contribution in [3.63, 3.8) is 0 Å². The van der Waals surface area contributed by atoms with Crippen LogP contribution in [0.4, 0.5) is 5.95 Å². The smallest absolute Gasteiger partial charge is 0.243 e. The van der Waals surface area contributed by atoms with E-state index in [1.165, 1.54) is 0 Å². The lowest BCUT2D eigenvalue weighted by atomic mass is 10.2. The first-order chi connectivity index (χ1) is 12.7. The fraction of sp³-hybridized carbons (Fsp3) is 0.278. The van der Waals surface area contributed by atoms with E-state index in [0.717, 1.165) is 34.3 Å². The third-order valence-corrected chi connectivity index (χ3v) is 4.44. The minimum absolute atomic E-state index is 0.447. The number of benzene rings is 2. The van der Waals surface area contributed by atoms with Crippen LogP contribution in [-0.2, 0) is 19.7 Å². The highest BCUT2D eigenvalue weighted by Crippen LogP contribution is 2.25. The summed E-state index contributed by atoms with van der Waals surface area (Å²) in [6.45, 7) is 3.85. The van der Waals surface area contributed by atoms with Crippen LogP contribution >= 0.6 is 27.5 Å². The topological polar surface area (TPSA) is 64.9 Å². The lowest BCUT2D eigenvalue weighted by Gasteiger charge is -2.13. The van der Waals surface area contributed by atoms with Gasteiger partial charge in [-0.1, -0.05) is 51.7 Å². The molecule has 0 radical (unpaired) electrons. The van der Waals surface area contributed by atoms with Crippen molar-refractivity contribution in [3.8, 4) is 5.75 Å². The Morgan fingerprint density at radius 2 is 2.12 bits per heavy atom. The van der Waals surface area contributed by atoms with E-state index in [4.69, 9.17) is 16.3 Å². The van der Waals surface area contributed by atoms with Gasteiger partial charge in [-0.3, -0.25) is 0 Å². The first-order valence-corrected chi connectivity index (χ1v) is 9.48. The standard InChI is InChI=1S/C18H19BrClN5O/c1-2-8-25-18(22-23-24-25)21-11-14-10-15(19)6-7-17(14)26-12-13-4-3-5-16(20)9-13/h3-7,9-10H,2,8,11-12H2,1H3,(H,21,22,24). The number of halogens is 2. The van der Waals surface area contributed by atoms with Gasteiger partial charge in [-0.2, -0.15) is 0 Å². The number of hydrogen-bond acceptors (Lipinski definition) is 5. The summed E-state index contributed by atoms with van der Waals surface area (Å²) in [7, 11) is 0. The van der Waals surface area contributed by atoms with Gasteiger partial charge in [-0.15, -0.1) is 0 Å². The van der Waals surface area contributed by atoms with Crippen LogP contribution in [0.5, 0.6) is 5.75 Å². The summed E-state index contributed by atoms with van der Waals surface area (Å²) >= 11 is 9.55. The summed E-state index contributed by atoms with van der Waals surface area (Å²) in [6, 6.07) is 13.6. The molecule has 2 aromatic carbocycles. The van der Waals surface area contributed by atoms with E-state index >= 15 is 0 Å². The molecule has 0 saturated heterocycles. The number of aryl methyl sites for hydroxylation is 1. The number of ether oxygens (including phenoxy) is 1. The maximum Gasteiger partial charge on any atom is 0.243 e. The van der Waals surface area contributed by atoms with Crippen LogP contribution in [0, 0.1) is 0 Å². The van der Waals surface area contributed by atoms with E-state index in [1.807, 2.05) is 42.5 Å². The molecule has 3 aromatic rings. The molecular weight excluding hydrogens is 418 g/mol. The maximum absolute atomic E-state index is 6.03. The van der Waals surface area contributed by atoms with Crippen LogP contribution in [0.2, 0.25) is 5.02 Å². The van der Waals surface area contributed by atoms with Crippen molar-refractivity contribution in [2.45, 2.75) is 33.0 Å². The van der Waals surface area contributed by atoms with Crippen LogP contribution in [0.1, 0.15) is 24.5 Å². The molecule has 0 bridgehead atoms. The molecule has 0 unspecified atom stereocenters. The van der Waals surface area contributed by atoms with Crippen molar-refractivity contribution in [3.05, 3.63) is 63.1 Å². The lowest BCUT2D eigenvalue weighted by molar-refractivity contribution is 0.303. The molecule has 26 heavy (non-hydrogen) atoms. The predicted molar refractivity (Wildman–Crippen MR) is 105 cm³/mol. The first kappa shape index (κ1) is 18.7. The highest BCUT2D eigenvalue weighted by molar-refractivity contribution is 9.10. The summed E-state index contributed by atoms with van der Waals surface area (Å²) in [6.07, 6.45) is 0.963. The minimum Gasteiger partial charge on any atom is -0.489 e. The van der Waals surface area contributed by atoms with Crippen molar-refractivity contribution in [1.29, 1.82) is 0 Å². The third kappa shape index (κ3) is 4.95. The Kier molecular flexibility index (Phi) is 6.46. The Labute approximate surface area is 165 Å². The van der Waals surface area contributed by atoms with Gasteiger partial charge in [-0.05, 0) is 52.7 Å². The van der Waals surface area contributed by atoms with Crippen molar-refractivity contribution in [2.24, 2.45) is 0 Å². The van der Waals surface area contributed by atoms with Crippen molar-refractivity contribution >= 4 is 33.5 Å². The van der Waals surface area contributed by atoms with Gasteiger partial charge in [0.2, 0.25) is 5.95 Å². The lowest BCUT2D eigenvalue weighted by Crippen LogP contribution is -2.10. The fourth-order valence-electron chi connectivity index (χ4n) is 2.48. The second-order valence-electron chi connectivity index (χ2n) is 5.75. The van der Waals surface area contributed by atoms with Gasteiger partial charge >= 0.3 is 0 Å². The second-order valence-corrected chi connectivity index (χ2v) is 7.10. The quantitative estimate of drug-likeness (QED) is 0.555. The van der Waals surface area contributed by atoms with Crippen LogP contribution in [0.25, 0.3) is 0 Å². The van der Waals surface area contributed by atoms with E-state index in [0.29, 0.717) is 24.1 Å². The van der Waals surface area contributed by atoms with Gasteiger partial charge in [0.1, 0.15) is 12.4 Å². The molecule has 0 spiro atoms. The second kappa shape index (κ2) is 9.00. The molecule has 8 heteroatoms. The fourth-order valence-corrected chi connectivity index (χ4v) is 3.10. The molecule has 1 aromatic heterocycles. The number of anilines is 1. The van der Waals surface area contributed by atoms with E-state index in [9.17, 15) is 0 Å². The highest BCUT2D eigenvalue weighted by Gasteiger charge is 2.09. The number of hydrogen-bond donors (Lipinski definition) is 1. The number of nitrogens with one attached hydrogen (secondary N) is 1. The van der Waals surface area contributed by atoms with Crippen LogP contribution in [0.3, 0.4) is 0 Å². The van der Waals surface area contributed by atoms with Crippen LogP contribution in [0.15, 0.2) is 46.9 Å². The Morgan fingerprint density at radius 1 is 1.23 bits per heavy atom. The minimum atomic E-state index is 0.447. The molecular formula is C18H19BrClN5O. The number of rotatable bonds is 8. The molecule has 6 nitrogen and oxygen atoms in total. The molecule has 0 amide bonds. The SMILES string of the molecule is CCCn1nnnc1NCc1cc(Br)ccc1OCc1cccc(Cl)c1. The number of tetrazole rings is 1. The molecule has 3 rings (SSSR count). The number of aromatic nitrogens is 4. The molecule has 0 atom stereocenters. The van der Waals surface area contributed by atoms with Gasteiger partial charge < -0.3 is 10.1 Å². The monoisotopic (exact) mass is 435 g/mol. The summed E-state index contributed by atoms with van der Waals surface area (Å²) in [5.41, 5.74) is 2.03. The largest absolute Gasteiger partial charge is 0.489 e. The zero-order valence-electron chi connectivity index (χ0n) is 14.3. The normalized spacial score (nSPS) is 10.7. The summed E-state index contributed by atoms with van der Waals surface area (Å²) in [4.78, 5) is 0. The molecule has 0 aliphatic rings. The Balaban J connectivity index is 1.70. The van der Waals surface area contributed by atoms with E-state index in [-0.39, 0.29) is 0 Å². The molecule has 0 fully saturated rings. The predicted octanol–water partition coefficient (Wildman–Crippen LogP) is 4.69. The molecule has 0 aliphatic carbocycles. The van der Waals surface area contributed by atoms with Gasteiger partial charge in [0.25, 0.3) is 0 Å². The average molecular weight is 437 g/mol. The molecule has 1 heterocycles. The zero-order valence-corrected chi connectivity index (χ0v) is 16.7. The summed E-state index contributed by atoms with van der Waals surface area (Å²) in [5, 5.41) is 15.7. The summed E-state index contributed by atoms with van der Waals surface area (Å²) < 4.78 is 8.74. The van der Waals surface area contributed by atoms with Crippen LogP contribution in [-0.4, -0.2) is 20.2 Å². The average Bonchev–Trinajstić information content (AvgIpc) is 3.07. The first-order valence-electron chi connectivity index (χ1n) is 8.31. The molecule has 0 aliphatic heterocycles. The van der Waals surface area contributed by atoms with E-state index in [2.05, 4.69) is 43.7 Å². The van der Waals surface area contributed by atoms with E-state index < -0.39 is 0 Å². The van der Waals surface area contributed by atoms with Gasteiger partial charge in [-0.25, -0.2) is 4.68 Å². The van der Waals surface area contributed by atoms with Gasteiger partial charge in [0.05, 0.1) is 0 Å². The number of nitrogens with zero attached hydrogens (tertiary/aromatic N) is 4. The Morgan fingerprint density at radius 3 is 2.92 bits per heavy atom. The van der Waals surface area contributed by atoms with Crippen molar-refractivity contribution in [2.75, 3.05) is 5.32 Å². The molecule has 136 valence electrons. The Bertz CT molecular complexity index is 870. The van der Waals surface area contributed by atoms with Gasteiger partial charge in [0, 0.05) is 28.1 Å². The van der Waals surface area contributed by atoms with Crippen molar-refractivity contribution in [1.82, 2.24) is 20.2 Å². The summed E-state index contributed by atoms with van der Waals surface area (Å²) in [5.74, 6) is 1.45. The van der Waals surface area contributed by atoms with E-state index in [1.54, 1.807) is 4.68 Å². The van der Waals surface area contributed by atoms with Crippen molar-refractivity contribution < 1.29 is 4.74 Å². The zero-order chi connectivity index (χ0) is 18.4. The highest BCUT2D eigenvalue weighted by atomic mass is 79.9. The maximum atomic E-state index is 6.03. The Hall–Kier alpha value is -2.12. The van der Waals surface area contributed by atoms with Gasteiger partial charge in [0.15, 0.2) is 0 Å².